The summed E-state index contributed by atoms with van der Waals surface area (Å²) >= 11 is 0. The van der Waals surface area contributed by atoms with E-state index in [2.05, 4.69) is 18.8 Å². The van der Waals surface area contributed by atoms with E-state index in [-0.39, 0.29) is 16.4 Å². The molecule has 0 atom stereocenters. The van der Waals surface area contributed by atoms with E-state index in [1.165, 1.54) is 29.9 Å². The second-order valence-electron chi connectivity index (χ2n) is 5.81. The minimum Gasteiger partial charge on any atom is -0.495 e. The molecule has 0 amide bonds. The first-order chi connectivity index (χ1) is 8.76. The van der Waals surface area contributed by atoms with E-state index in [0.29, 0.717) is 5.75 Å². The molecular weight excluding hydrogens is 264 g/mol. The molecular formula is C13H20N2O3S. The van der Waals surface area contributed by atoms with E-state index in [9.17, 15) is 8.42 Å². The molecule has 1 fully saturated rings. The van der Waals surface area contributed by atoms with Crippen molar-refractivity contribution >= 4 is 10.0 Å². The highest BCUT2D eigenvalue weighted by molar-refractivity contribution is 7.89. The summed E-state index contributed by atoms with van der Waals surface area (Å²) in [5, 5.41) is 0. The predicted molar refractivity (Wildman–Crippen MR) is 72.5 cm³/mol. The number of methoxy groups -OCH3 is 1. The number of pyridine rings is 1. The molecule has 0 spiro atoms. The summed E-state index contributed by atoms with van der Waals surface area (Å²) in [5.74, 6) is 0.448. The van der Waals surface area contributed by atoms with Crippen molar-refractivity contribution in [3.63, 3.8) is 0 Å². The molecule has 1 aliphatic rings. The van der Waals surface area contributed by atoms with Gasteiger partial charge in [0.25, 0.3) is 0 Å². The van der Waals surface area contributed by atoms with Crippen LogP contribution in [0.25, 0.3) is 0 Å². The van der Waals surface area contributed by atoms with Crippen molar-refractivity contribution in [2.24, 2.45) is 5.41 Å². The van der Waals surface area contributed by atoms with E-state index in [1.807, 2.05) is 0 Å². The average Bonchev–Trinajstić information content (AvgIpc) is 2.35. The summed E-state index contributed by atoms with van der Waals surface area (Å²) in [6, 6.07) is 1.58. The zero-order chi connectivity index (χ0) is 14.3. The standard InChI is InChI=1S/C13H20N2O3S/c1-13(2)6-10(7-13)15(3)19(16,17)12-5-11(18-4)8-14-9-12/h5,8-10H,6-7H2,1-4H3. The Hall–Kier alpha value is -1.14. The van der Waals surface area contributed by atoms with Gasteiger partial charge in [0.05, 0.1) is 13.3 Å². The van der Waals surface area contributed by atoms with Crippen molar-refractivity contribution in [3.05, 3.63) is 18.5 Å². The van der Waals surface area contributed by atoms with Crippen molar-refractivity contribution in [1.29, 1.82) is 0 Å². The van der Waals surface area contributed by atoms with Crippen LogP contribution in [0.5, 0.6) is 5.75 Å². The highest BCUT2D eigenvalue weighted by Gasteiger charge is 2.42. The first-order valence-electron chi connectivity index (χ1n) is 6.23. The van der Waals surface area contributed by atoms with Gasteiger partial charge in [-0.3, -0.25) is 4.98 Å². The van der Waals surface area contributed by atoms with Crippen LogP contribution in [0.4, 0.5) is 0 Å². The Morgan fingerprint density at radius 3 is 2.53 bits per heavy atom. The van der Waals surface area contributed by atoms with Gasteiger partial charge in [0, 0.05) is 25.4 Å². The smallest absolute Gasteiger partial charge is 0.244 e. The molecule has 2 rings (SSSR count). The van der Waals surface area contributed by atoms with E-state index < -0.39 is 10.0 Å². The lowest BCUT2D eigenvalue weighted by atomic mass is 9.68. The Labute approximate surface area is 114 Å². The molecule has 19 heavy (non-hydrogen) atoms. The minimum absolute atomic E-state index is 0.0752. The van der Waals surface area contributed by atoms with Gasteiger partial charge in [-0.05, 0) is 18.3 Å². The minimum atomic E-state index is -3.49. The largest absolute Gasteiger partial charge is 0.495 e. The summed E-state index contributed by atoms with van der Waals surface area (Å²) in [6.07, 6.45) is 4.63. The topological polar surface area (TPSA) is 59.5 Å². The molecule has 0 radical (unpaired) electrons. The average molecular weight is 284 g/mol. The maximum absolute atomic E-state index is 12.5. The van der Waals surface area contributed by atoms with Crippen LogP contribution in [0, 0.1) is 5.41 Å². The van der Waals surface area contributed by atoms with Gasteiger partial charge in [-0.25, -0.2) is 8.42 Å². The molecule has 5 nitrogen and oxygen atoms in total. The number of hydrogen-bond donors (Lipinski definition) is 0. The third-order valence-electron chi connectivity index (χ3n) is 3.69. The molecule has 1 aromatic rings. The molecule has 0 aliphatic heterocycles. The fourth-order valence-corrected chi connectivity index (χ4v) is 3.82. The van der Waals surface area contributed by atoms with Gasteiger partial charge in [-0.2, -0.15) is 4.31 Å². The van der Waals surface area contributed by atoms with Crippen LogP contribution < -0.4 is 4.74 Å². The van der Waals surface area contributed by atoms with E-state index in [1.54, 1.807) is 7.05 Å². The van der Waals surface area contributed by atoms with Crippen LogP contribution in [0.1, 0.15) is 26.7 Å². The second-order valence-corrected chi connectivity index (χ2v) is 7.81. The van der Waals surface area contributed by atoms with E-state index in [0.717, 1.165) is 12.8 Å². The molecule has 1 heterocycles. The van der Waals surface area contributed by atoms with Gasteiger partial charge >= 0.3 is 0 Å². The third kappa shape index (κ3) is 2.74. The third-order valence-corrected chi connectivity index (χ3v) is 5.57. The van der Waals surface area contributed by atoms with E-state index >= 15 is 0 Å². The predicted octanol–water partition coefficient (Wildman–Crippen LogP) is 1.90. The summed E-state index contributed by atoms with van der Waals surface area (Å²) in [7, 11) is -0.366. The molecule has 1 aromatic heterocycles. The summed E-state index contributed by atoms with van der Waals surface area (Å²) in [6.45, 7) is 4.30. The number of ether oxygens (including phenoxy) is 1. The van der Waals surface area contributed by atoms with Crippen LogP contribution in [0.15, 0.2) is 23.4 Å². The monoisotopic (exact) mass is 284 g/mol. The highest BCUT2D eigenvalue weighted by Crippen LogP contribution is 2.43. The fraction of sp³-hybridized carbons (Fsp3) is 0.615. The van der Waals surface area contributed by atoms with Gasteiger partial charge in [-0.1, -0.05) is 13.8 Å². The number of nitrogens with zero attached hydrogens (tertiary/aromatic N) is 2. The Kier molecular flexibility index (Phi) is 3.57. The number of hydrogen-bond acceptors (Lipinski definition) is 4. The van der Waals surface area contributed by atoms with Crippen molar-refractivity contribution < 1.29 is 13.2 Å². The van der Waals surface area contributed by atoms with Gasteiger partial charge < -0.3 is 4.74 Å². The van der Waals surface area contributed by atoms with Gasteiger partial charge in [0.15, 0.2) is 0 Å². The lowest BCUT2D eigenvalue weighted by Crippen LogP contribution is -2.49. The van der Waals surface area contributed by atoms with Crippen LogP contribution in [0.2, 0.25) is 0 Å². The lowest BCUT2D eigenvalue weighted by molar-refractivity contribution is 0.0857. The molecule has 1 aliphatic carbocycles. The van der Waals surface area contributed by atoms with Crippen LogP contribution >= 0.6 is 0 Å². The van der Waals surface area contributed by atoms with Crippen molar-refractivity contribution in [3.8, 4) is 5.75 Å². The van der Waals surface area contributed by atoms with Crippen LogP contribution in [-0.2, 0) is 10.0 Å². The molecule has 0 aromatic carbocycles. The molecule has 1 saturated carbocycles. The Morgan fingerprint density at radius 1 is 1.37 bits per heavy atom. The number of sulfonamides is 1. The Morgan fingerprint density at radius 2 is 2.00 bits per heavy atom. The SMILES string of the molecule is COc1cncc(S(=O)(=O)N(C)C2CC(C)(C)C2)c1. The molecule has 0 N–H and O–H groups in total. The summed E-state index contributed by atoms with van der Waals surface area (Å²) < 4.78 is 31.4. The highest BCUT2D eigenvalue weighted by atomic mass is 32.2. The van der Waals surface area contributed by atoms with Crippen LogP contribution in [-0.4, -0.2) is 37.9 Å². The normalized spacial score (nSPS) is 19.2. The fourth-order valence-electron chi connectivity index (χ4n) is 2.49. The molecule has 0 bridgehead atoms. The van der Waals surface area contributed by atoms with Crippen molar-refractivity contribution in [2.45, 2.75) is 37.6 Å². The second kappa shape index (κ2) is 4.76. The molecule has 0 saturated heterocycles. The Balaban J connectivity index is 2.22. The molecule has 6 heteroatoms. The first kappa shape index (κ1) is 14.3. The maximum Gasteiger partial charge on any atom is 0.244 e. The zero-order valence-electron chi connectivity index (χ0n) is 11.8. The zero-order valence-corrected chi connectivity index (χ0v) is 12.6. The van der Waals surface area contributed by atoms with Gasteiger partial charge in [-0.15, -0.1) is 0 Å². The van der Waals surface area contributed by atoms with E-state index in [4.69, 9.17) is 4.74 Å². The lowest BCUT2D eigenvalue weighted by Gasteiger charge is -2.46. The maximum atomic E-state index is 12.5. The molecule has 106 valence electrons. The van der Waals surface area contributed by atoms with Crippen molar-refractivity contribution in [2.75, 3.05) is 14.2 Å². The summed E-state index contributed by atoms with van der Waals surface area (Å²) in [4.78, 5) is 4.08. The number of rotatable bonds is 4. The Bertz CT molecular complexity index is 561. The number of aromatic nitrogens is 1. The van der Waals surface area contributed by atoms with Crippen LogP contribution in [0.3, 0.4) is 0 Å². The first-order valence-corrected chi connectivity index (χ1v) is 7.67. The quantitative estimate of drug-likeness (QED) is 0.847. The van der Waals surface area contributed by atoms with Gasteiger partial charge in [0.1, 0.15) is 10.6 Å². The van der Waals surface area contributed by atoms with Crippen molar-refractivity contribution in [1.82, 2.24) is 9.29 Å². The summed E-state index contributed by atoms with van der Waals surface area (Å²) in [5.41, 5.74) is 0.237. The van der Waals surface area contributed by atoms with Gasteiger partial charge in [0.2, 0.25) is 10.0 Å². The molecule has 0 unspecified atom stereocenters.